The van der Waals surface area contributed by atoms with Crippen LogP contribution >= 0.6 is 0 Å². The molecule has 1 aromatic carbocycles. The predicted molar refractivity (Wildman–Crippen MR) is 64.5 cm³/mol. The number of nitrogens with one attached hydrogen (secondary N) is 1. The molecule has 0 saturated heterocycles. The molecule has 1 rings (SSSR count). The molecule has 0 radical (unpaired) electrons. The van der Waals surface area contributed by atoms with Gasteiger partial charge in [-0.3, -0.25) is 9.59 Å². The molecule has 17 heavy (non-hydrogen) atoms. The molecular formula is C13H17NO3. The minimum Gasteiger partial charge on any atom is -0.481 e. The Labute approximate surface area is 101 Å². The van der Waals surface area contributed by atoms with Crippen molar-refractivity contribution in [3.05, 3.63) is 35.4 Å². The molecular weight excluding hydrogens is 218 g/mol. The second kappa shape index (κ2) is 6.03. The lowest BCUT2D eigenvalue weighted by Gasteiger charge is -2.11. The third kappa shape index (κ3) is 3.59. The summed E-state index contributed by atoms with van der Waals surface area (Å²) in [7, 11) is 0. The van der Waals surface area contributed by atoms with Gasteiger partial charge in [0.2, 0.25) is 5.91 Å². The maximum atomic E-state index is 11.5. The van der Waals surface area contributed by atoms with E-state index in [1.54, 1.807) is 0 Å². The van der Waals surface area contributed by atoms with Gasteiger partial charge >= 0.3 is 5.97 Å². The fourth-order valence-electron chi connectivity index (χ4n) is 1.52. The highest BCUT2D eigenvalue weighted by Crippen LogP contribution is 2.09. The van der Waals surface area contributed by atoms with E-state index in [4.69, 9.17) is 5.11 Å². The highest BCUT2D eigenvalue weighted by Gasteiger charge is 2.19. The molecule has 0 aliphatic rings. The zero-order valence-electron chi connectivity index (χ0n) is 10.1. The van der Waals surface area contributed by atoms with E-state index >= 15 is 0 Å². The van der Waals surface area contributed by atoms with Crippen molar-refractivity contribution in [3.8, 4) is 0 Å². The van der Waals surface area contributed by atoms with Crippen molar-refractivity contribution in [3.63, 3.8) is 0 Å². The number of carbonyl (C=O) groups is 2. The van der Waals surface area contributed by atoms with Crippen LogP contribution in [0.5, 0.6) is 0 Å². The van der Waals surface area contributed by atoms with Gasteiger partial charge in [0.25, 0.3) is 0 Å². The van der Waals surface area contributed by atoms with Crippen LogP contribution in [0.25, 0.3) is 0 Å². The number of benzene rings is 1. The molecule has 1 amide bonds. The molecule has 0 heterocycles. The summed E-state index contributed by atoms with van der Waals surface area (Å²) >= 11 is 0. The largest absolute Gasteiger partial charge is 0.481 e. The molecule has 1 unspecified atom stereocenters. The van der Waals surface area contributed by atoms with Crippen molar-refractivity contribution in [2.24, 2.45) is 5.92 Å². The van der Waals surface area contributed by atoms with Crippen LogP contribution in [0.2, 0.25) is 0 Å². The van der Waals surface area contributed by atoms with E-state index in [0.717, 1.165) is 17.5 Å². The minimum absolute atomic E-state index is 0.375. The van der Waals surface area contributed by atoms with E-state index in [0.29, 0.717) is 6.54 Å². The number of carbonyl (C=O) groups excluding carboxylic acids is 1. The van der Waals surface area contributed by atoms with E-state index < -0.39 is 17.8 Å². The molecule has 2 N–H and O–H groups in total. The third-order valence-corrected chi connectivity index (χ3v) is 2.72. The van der Waals surface area contributed by atoms with Gasteiger partial charge in [-0.15, -0.1) is 0 Å². The maximum absolute atomic E-state index is 11.5. The normalized spacial score (nSPS) is 11.9. The summed E-state index contributed by atoms with van der Waals surface area (Å²) < 4.78 is 0. The van der Waals surface area contributed by atoms with Crippen molar-refractivity contribution in [2.45, 2.75) is 26.8 Å². The zero-order chi connectivity index (χ0) is 12.8. The monoisotopic (exact) mass is 235 g/mol. The average Bonchev–Trinajstić information content (AvgIpc) is 2.35. The van der Waals surface area contributed by atoms with Gasteiger partial charge in [0.1, 0.15) is 5.92 Å². The molecule has 0 bridgehead atoms. The molecule has 0 spiro atoms. The Morgan fingerprint density at radius 3 is 2.41 bits per heavy atom. The molecule has 92 valence electrons. The second-order valence-electron chi connectivity index (χ2n) is 3.90. The minimum atomic E-state index is -1.11. The summed E-state index contributed by atoms with van der Waals surface area (Å²) in [5.41, 5.74) is 2.19. The summed E-state index contributed by atoms with van der Waals surface area (Å²) in [4.78, 5) is 22.1. The molecule has 1 aromatic rings. The molecule has 0 aromatic heterocycles. The SMILES string of the molecule is CCc1ccccc1CNC(=O)C(C)C(=O)O. The first-order valence-electron chi connectivity index (χ1n) is 5.63. The second-order valence-corrected chi connectivity index (χ2v) is 3.90. The summed E-state index contributed by atoms with van der Waals surface area (Å²) in [5, 5.41) is 11.3. The Hall–Kier alpha value is -1.84. The molecule has 0 saturated carbocycles. The number of rotatable bonds is 5. The van der Waals surface area contributed by atoms with Gasteiger partial charge in [-0.05, 0) is 24.5 Å². The van der Waals surface area contributed by atoms with Gasteiger partial charge in [-0.1, -0.05) is 31.2 Å². The van der Waals surface area contributed by atoms with Crippen molar-refractivity contribution in [1.29, 1.82) is 0 Å². The Bertz CT molecular complexity index is 415. The summed E-state index contributed by atoms with van der Waals surface area (Å²) in [6.07, 6.45) is 0.889. The van der Waals surface area contributed by atoms with Crippen LogP contribution in [0.4, 0.5) is 0 Å². The molecule has 1 atom stereocenters. The number of aliphatic carboxylic acids is 1. The van der Waals surface area contributed by atoms with E-state index in [1.165, 1.54) is 6.92 Å². The standard InChI is InChI=1S/C13H17NO3/c1-3-10-6-4-5-7-11(10)8-14-12(15)9(2)13(16)17/h4-7,9H,3,8H2,1-2H3,(H,14,15)(H,16,17). The summed E-state index contributed by atoms with van der Waals surface area (Å²) in [6, 6.07) is 7.79. The Balaban J connectivity index is 2.61. The van der Waals surface area contributed by atoms with Gasteiger partial charge in [-0.25, -0.2) is 0 Å². The topological polar surface area (TPSA) is 66.4 Å². The van der Waals surface area contributed by atoms with Crippen LogP contribution in [0.1, 0.15) is 25.0 Å². The van der Waals surface area contributed by atoms with Gasteiger partial charge in [0.05, 0.1) is 0 Å². The number of carboxylic acid groups (broad SMARTS) is 1. The average molecular weight is 235 g/mol. The van der Waals surface area contributed by atoms with Crippen LogP contribution in [-0.4, -0.2) is 17.0 Å². The maximum Gasteiger partial charge on any atom is 0.315 e. The molecule has 0 aliphatic heterocycles. The Morgan fingerprint density at radius 2 is 1.88 bits per heavy atom. The Morgan fingerprint density at radius 1 is 1.29 bits per heavy atom. The summed E-state index contributed by atoms with van der Waals surface area (Å²) in [6.45, 7) is 3.80. The predicted octanol–water partition coefficient (Wildman–Crippen LogP) is 1.59. The molecule has 4 heteroatoms. The van der Waals surface area contributed by atoms with Crippen LogP contribution in [0.3, 0.4) is 0 Å². The van der Waals surface area contributed by atoms with Crippen molar-refractivity contribution < 1.29 is 14.7 Å². The van der Waals surface area contributed by atoms with E-state index in [-0.39, 0.29) is 0 Å². The van der Waals surface area contributed by atoms with E-state index in [9.17, 15) is 9.59 Å². The molecule has 0 fully saturated rings. The quantitative estimate of drug-likeness (QED) is 0.761. The van der Waals surface area contributed by atoms with Crippen molar-refractivity contribution >= 4 is 11.9 Å². The lowest BCUT2D eigenvalue weighted by molar-refractivity contribution is -0.146. The Kier molecular flexibility index (Phi) is 4.69. The van der Waals surface area contributed by atoms with E-state index in [1.807, 2.05) is 31.2 Å². The van der Waals surface area contributed by atoms with Crippen LogP contribution < -0.4 is 5.32 Å². The van der Waals surface area contributed by atoms with Crippen LogP contribution in [-0.2, 0) is 22.6 Å². The highest BCUT2D eigenvalue weighted by atomic mass is 16.4. The van der Waals surface area contributed by atoms with Crippen molar-refractivity contribution in [2.75, 3.05) is 0 Å². The first-order chi connectivity index (χ1) is 8.06. The van der Waals surface area contributed by atoms with Crippen LogP contribution in [0.15, 0.2) is 24.3 Å². The zero-order valence-corrected chi connectivity index (χ0v) is 10.1. The van der Waals surface area contributed by atoms with Gasteiger partial charge < -0.3 is 10.4 Å². The number of aryl methyl sites for hydroxylation is 1. The first kappa shape index (κ1) is 13.2. The van der Waals surface area contributed by atoms with E-state index in [2.05, 4.69) is 5.32 Å². The number of carboxylic acids is 1. The number of hydrogen-bond donors (Lipinski definition) is 2. The fourth-order valence-corrected chi connectivity index (χ4v) is 1.52. The number of amides is 1. The molecule has 4 nitrogen and oxygen atoms in total. The van der Waals surface area contributed by atoms with Gasteiger partial charge in [0, 0.05) is 6.54 Å². The summed E-state index contributed by atoms with van der Waals surface area (Å²) in [5.74, 6) is -2.57. The van der Waals surface area contributed by atoms with Crippen LogP contribution in [0, 0.1) is 5.92 Å². The number of hydrogen-bond acceptors (Lipinski definition) is 2. The first-order valence-corrected chi connectivity index (χ1v) is 5.63. The fraction of sp³-hybridized carbons (Fsp3) is 0.385. The van der Waals surface area contributed by atoms with Crippen molar-refractivity contribution in [1.82, 2.24) is 5.32 Å². The lowest BCUT2D eigenvalue weighted by Crippen LogP contribution is -2.33. The van der Waals surface area contributed by atoms with Gasteiger partial charge in [-0.2, -0.15) is 0 Å². The lowest BCUT2D eigenvalue weighted by atomic mass is 10.1. The highest BCUT2D eigenvalue weighted by molar-refractivity contribution is 5.96. The van der Waals surface area contributed by atoms with Gasteiger partial charge in [0.15, 0.2) is 0 Å². The molecule has 0 aliphatic carbocycles. The smallest absolute Gasteiger partial charge is 0.315 e. The third-order valence-electron chi connectivity index (χ3n) is 2.72.